The van der Waals surface area contributed by atoms with Crippen LogP contribution in [-0.4, -0.2) is 6.08 Å². The Morgan fingerprint density at radius 3 is 2.62 bits per heavy atom. The molecule has 3 heteroatoms. The van der Waals surface area contributed by atoms with Gasteiger partial charge in [-0.2, -0.15) is 4.99 Å². The van der Waals surface area contributed by atoms with E-state index in [0.717, 1.165) is 0 Å². The normalized spacial score (nSPS) is 9.56. The first kappa shape index (κ1) is 10.3. The van der Waals surface area contributed by atoms with Crippen LogP contribution in [0.4, 0.5) is 10.1 Å². The lowest BCUT2D eigenvalue weighted by molar-refractivity contribution is 0.565. The van der Waals surface area contributed by atoms with Crippen molar-refractivity contribution in [2.75, 3.05) is 0 Å². The molecule has 0 amide bonds. The van der Waals surface area contributed by atoms with Crippen LogP contribution in [0.1, 0.15) is 0 Å². The lowest BCUT2D eigenvalue weighted by Gasteiger charge is -2.04. The summed E-state index contributed by atoms with van der Waals surface area (Å²) in [6.45, 7) is 0. The second-order valence-corrected chi connectivity index (χ2v) is 3.23. The Morgan fingerprint density at radius 2 is 1.88 bits per heavy atom. The largest absolute Gasteiger partial charge is 0.240 e. The smallest absolute Gasteiger partial charge is 0.211 e. The van der Waals surface area contributed by atoms with Gasteiger partial charge in [-0.1, -0.05) is 30.3 Å². The highest BCUT2D eigenvalue weighted by Gasteiger charge is 2.04. The molecule has 0 atom stereocenters. The molecule has 0 aromatic heterocycles. The van der Waals surface area contributed by atoms with Crippen molar-refractivity contribution in [3.8, 4) is 11.1 Å². The molecule has 0 aliphatic carbocycles. The standard InChI is InChI=1S/C13H8FNO/c14-11-5-3-4-10(8-11)12-6-1-2-7-13(12)15-9-16/h1-8H. The van der Waals surface area contributed by atoms with Crippen LogP contribution in [-0.2, 0) is 4.79 Å². The summed E-state index contributed by atoms with van der Waals surface area (Å²) in [5.74, 6) is -0.317. The topological polar surface area (TPSA) is 29.4 Å². The molecule has 0 saturated carbocycles. The number of benzene rings is 2. The predicted octanol–water partition coefficient (Wildman–Crippen LogP) is 3.46. The summed E-state index contributed by atoms with van der Waals surface area (Å²) in [6.07, 6.45) is 1.49. The van der Waals surface area contributed by atoms with Gasteiger partial charge in [-0.25, -0.2) is 9.18 Å². The Balaban J connectivity index is 2.59. The molecule has 0 bridgehead atoms. The fourth-order valence-corrected chi connectivity index (χ4v) is 1.52. The number of aliphatic imine (C=N–C) groups is 1. The third-order valence-electron chi connectivity index (χ3n) is 2.21. The Labute approximate surface area is 92.1 Å². The van der Waals surface area contributed by atoms with Gasteiger partial charge in [0.15, 0.2) is 0 Å². The molecule has 2 nitrogen and oxygen atoms in total. The minimum atomic E-state index is -0.317. The molecule has 0 fully saturated rings. The van der Waals surface area contributed by atoms with Crippen molar-refractivity contribution in [2.45, 2.75) is 0 Å². The van der Waals surface area contributed by atoms with Crippen LogP contribution in [0.15, 0.2) is 53.5 Å². The molecular weight excluding hydrogens is 205 g/mol. The summed E-state index contributed by atoms with van der Waals surface area (Å²) in [4.78, 5) is 13.8. The van der Waals surface area contributed by atoms with Crippen molar-refractivity contribution in [3.05, 3.63) is 54.3 Å². The van der Waals surface area contributed by atoms with Crippen LogP contribution in [0, 0.1) is 5.82 Å². The van der Waals surface area contributed by atoms with E-state index in [1.807, 2.05) is 6.07 Å². The van der Waals surface area contributed by atoms with E-state index in [1.54, 1.807) is 30.3 Å². The number of rotatable bonds is 2. The first-order valence-corrected chi connectivity index (χ1v) is 4.74. The minimum Gasteiger partial charge on any atom is -0.211 e. The summed E-state index contributed by atoms with van der Waals surface area (Å²) in [6, 6.07) is 13.2. The van der Waals surface area contributed by atoms with Crippen molar-refractivity contribution in [1.82, 2.24) is 0 Å². The van der Waals surface area contributed by atoms with Crippen LogP contribution in [0.25, 0.3) is 11.1 Å². The van der Waals surface area contributed by atoms with Gasteiger partial charge in [0.1, 0.15) is 5.82 Å². The van der Waals surface area contributed by atoms with Gasteiger partial charge in [-0.15, -0.1) is 0 Å². The van der Waals surface area contributed by atoms with Crippen LogP contribution in [0.3, 0.4) is 0 Å². The van der Waals surface area contributed by atoms with Crippen LogP contribution < -0.4 is 0 Å². The van der Waals surface area contributed by atoms with Crippen LogP contribution in [0.2, 0.25) is 0 Å². The number of nitrogens with zero attached hydrogens (tertiary/aromatic N) is 1. The summed E-state index contributed by atoms with van der Waals surface area (Å²) in [7, 11) is 0. The zero-order valence-electron chi connectivity index (χ0n) is 8.35. The van der Waals surface area contributed by atoms with Gasteiger partial charge in [0.25, 0.3) is 0 Å². The molecule has 0 aliphatic heterocycles. The molecular formula is C13H8FNO. The molecule has 2 aromatic carbocycles. The van der Waals surface area contributed by atoms with Crippen molar-refractivity contribution in [1.29, 1.82) is 0 Å². The van der Waals surface area contributed by atoms with Gasteiger partial charge in [0.05, 0.1) is 5.69 Å². The van der Waals surface area contributed by atoms with Crippen molar-refractivity contribution in [3.63, 3.8) is 0 Å². The molecule has 16 heavy (non-hydrogen) atoms. The van der Waals surface area contributed by atoms with E-state index in [2.05, 4.69) is 4.99 Å². The van der Waals surface area contributed by atoms with E-state index >= 15 is 0 Å². The highest BCUT2D eigenvalue weighted by Crippen LogP contribution is 2.29. The average molecular weight is 213 g/mol. The van der Waals surface area contributed by atoms with Gasteiger partial charge in [-0.3, -0.25) is 0 Å². The second-order valence-electron chi connectivity index (χ2n) is 3.23. The molecule has 0 N–H and O–H groups in total. The maximum Gasteiger partial charge on any atom is 0.240 e. The SMILES string of the molecule is O=C=Nc1ccccc1-c1cccc(F)c1. The van der Waals surface area contributed by atoms with Crippen molar-refractivity contribution >= 4 is 11.8 Å². The van der Waals surface area contributed by atoms with Crippen LogP contribution in [0.5, 0.6) is 0 Å². The highest BCUT2D eigenvalue weighted by atomic mass is 19.1. The number of halogens is 1. The molecule has 0 heterocycles. The quantitative estimate of drug-likeness (QED) is 0.554. The van der Waals surface area contributed by atoms with Gasteiger partial charge >= 0.3 is 0 Å². The fourth-order valence-electron chi connectivity index (χ4n) is 1.52. The third kappa shape index (κ3) is 2.05. The summed E-state index contributed by atoms with van der Waals surface area (Å²) >= 11 is 0. The number of hydrogen-bond acceptors (Lipinski definition) is 2. The Bertz CT molecular complexity index is 559. The number of carbonyl (C=O) groups excluding carboxylic acids is 1. The van der Waals surface area contributed by atoms with Gasteiger partial charge in [0, 0.05) is 5.56 Å². The first-order valence-electron chi connectivity index (χ1n) is 4.74. The number of hydrogen-bond donors (Lipinski definition) is 0. The average Bonchev–Trinajstić information content (AvgIpc) is 2.30. The van der Waals surface area contributed by atoms with E-state index < -0.39 is 0 Å². The zero-order valence-corrected chi connectivity index (χ0v) is 8.35. The van der Waals surface area contributed by atoms with Gasteiger partial charge in [0.2, 0.25) is 6.08 Å². The lowest BCUT2D eigenvalue weighted by Crippen LogP contribution is -1.80. The molecule has 2 rings (SSSR count). The summed E-state index contributed by atoms with van der Waals surface area (Å²) < 4.78 is 13.1. The van der Waals surface area contributed by atoms with E-state index in [-0.39, 0.29) is 5.82 Å². The van der Waals surface area contributed by atoms with E-state index in [1.165, 1.54) is 18.2 Å². The van der Waals surface area contributed by atoms with Gasteiger partial charge < -0.3 is 0 Å². The molecule has 2 aromatic rings. The minimum absolute atomic E-state index is 0.317. The maximum atomic E-state index is 13.1. The molecule has 0 saturated heterocycles. The monoisotopic (exact) mass is 213 g/mol. The van der Waals surface area contributed by atoms with Gasteiger partial charge in [-0.05, 0) is 23.8 Å². The molecule has 0 radical (unpaired) electrons. The Hall–Kier alpha value is -2.25. The predicted molar refractivity (Wildman–Crippen MR) is 59.6 cm³/mol. The van der Waals surface area contributed by atoms with Crippen molar-refractivity contribution in [2.24, 2.45) is 4.99 Å². The van der Waals surface area contributed by atoms with E-state index in [0.29, 0.717) is 16.8 Å². The van der Waals surface area contributed by atoms with Crippen molar-refractivity contribution < 1.29 is 9.18 Å². The number of para-hydroxylation sites is 1. The summed E-state index contributed by atoms with van der Waals surface area (Å²) in [5.41, 5.74) is 1.89. The molecule has 0 aliphatic rings. The third-order valence-corrected chi connectivity index (χ3v) is 2.21. The Morgan fingerprint density at radius 1 is 1.06 bits per heavy atom. The zero-order chi connectivity index (χ0) is 11.4. The highest BCUT2D eigenvalue weighted by molar-refractivity contribution is 5.77. The second kappa shape index (κ2) is 4.51. The van der Waals surface area contributed by atoms with E-state index in [4.69, 9.17) is 0 Å². The summed E-state index contributed by atoms with van der Waals surface area (Å²) in [5, 5.41) is 0. The first-order chi connectivity index (χ1) is 7.81. The fraction of sp³-hybridized carbons (Fsp3) is 0. The van der Waals surface area contributed by atoms with Crippen LogP contribution >= 0.6 is 0 Å². The lowest BCUT2D eigenvalue weighted by atomic mass is 10.0. The number of isocyanates is 1. The van der Waals surface area contributed by atoms with E-state index in [9.17, 15) is 9.18 Å². The molecule has 78 valence electrons. The Kier molecular flexibility index (Phi) is 2.90. The molecule has 0 spiro atoms. The maximum absolute atomic E-state index is 13.1. The molecule has 0 unspecified atom stereocenters.